The van der Waals surface area contributed by atoms with Crippen LogP contribution in [-0.4, -0.2) is 37.2 Å². The number of carbonyl (C=O) groups is 1. The van der Waals surface area contributed by atoms with Crippen molar-refractivity contribution >= 4 is 27.7 Å². The molecule has 1 saturated heterocycles. The molecule has 4 rings (SSSR count). The van der Waals surface area contributed by atoms with Crippen LogP contribution in [0, 0.1) is 0 Å². The molecule has 8 heteroatoms. The van der Waals surface area contributed by atoms with Gasteiger partial charge in [-0.3, -0.25) is 14.2 Å². The molecule has 1 aromatic carbocycles. The molecule has 1 aliphatic heterocycles. The van der Waals surface area contributed by atoms with Gasteiger partial charge in [-0.05, 0) is 43.9 Å². The Labute approximate surface area is 217 Å². The highest BCUT2D eigenvalue weighted by atomic mass is 32.2. The Kier molecular flexibility index (Phi) is 9.36. The number of esters is 1. The fourth-order valence-corrected chi connectivity index (χ4v) is 7.10. The van der Waals surface area contributed by atoms with Gasteiger partial charge in [-0.25, -0.2) is 8.51 Å². The number of rotatable bonds is 14. The number of hydrogen-bond donors (Lipinski definition) is 1. The average molecular weight is 516 g/mol. The van der Waals surface area contributed by atoms with E-state index in [0.717, 1.165) is 38.5 Å². The van der Waals surface area contributed by atoms with Crippen molar-refractivity contribution in [3.8, 4) is 0 Å². The van der Waals surface area contributed by atoms with Gasteiger partial charge in [0.05, 0.1) is 4.90 Å². The summed E-state index contributed by atoms with van der Waals surface area (Å²) in [5, 5.41) is 1.15. The summed E-state index contributed by atoms with van der Waals surface area (Å²) >= 11 is 0. The summed E-state index contributed by atoms with van der Waals surface area (Å²) in [6.45, 7) is 2.82. The van der Waals surface area contributed by atoms with E-state index in [-0.39, 0.29) is 29.8 Å². The molecule has 2 unspecified atom stereocenters. The van der Waals surface area contributed by atoms with Crippen LogP contribution in [0.25, 0.3) is 10.8 Å². The normalized spacial score (nSPS) is 19.7. The monoisotopic (exact) mass is 515 g/mol. The van der Waals surface area contributed by atoms with Crippen LogP contribution in [0.1, 0.15) is 90.4 Å². The van der Waals surface area contributed by atoms with Gasteiger partial charge in [0.2, 0.25) is 0 Å². The van der Waals surface area contributed by atoms with Gasteiger partial charge in [0, 0.05) is 41.5 Å². The minimum absolute atomic E-state index is 0.0545. The third-order valence-electron chi connectivity index (χ3n) is 7.81. The molecule has 1 aliphatic carbocycles. The number of nitrogens with two attached hydrogens (primary N) is 1. The molecule has 0 radical (unpaired) electrons. The lowest BCUT2D eigenvalue weighted by atomic mass is 10.1. The van der Waals surface area contributed by atoms with E-state index in [2.05, 4.69) is 6.92 Å². The van der Waals surface area contributed by atoms with Crippen molar-refractivity contribution in [1.29, 1.82) is 0 Å². The largest absolute Gasteiger partial charge is 0.444 e. The molecule has 7 nitrogen and oxygen atoms in total. The molecule has 2 atom stereocenters. The molecular formula is C28H41N3O4S. The van der Waals surface area contributed by atoms with Crippen LogP contribution in [0.3, 0.4) is 0 Å². The molecule has 0 bridgehead atoms. The zero-order valence-electron chi connectivity index (χ0n) is 21.6. The van der Waals surface area contributed by atoms with Crippen LogP contribution in [0.15, 0.2) is 40.2 Å². The molecule has 2 heterocycles. The maximum atomic E-state index is 13.5. The van der Waals surface area contributed by atoms with Crippen molar-refractivity contribution in [3.05, 3.63) is 40.8 Å². The predicted octanol–water partition coefficient (Wildman–Crippen LogP) is 5.01. The zero-order chi connectivity index (χ0) is 25.5. The molecule has 36 heavy (non-hydrogen) atoms. The van der Waals surface area contributed by atoms with Gasteiger partial charge < -0.3 is 10.5 Å². The molecule has 1 spiro atoms. The highest BCUT2D eigenvalue weighted by molar-refractivity contribution is 7.83. The predicted molar refractivity (Wildman–Crippen MR) is 144 cm³/mol. The second kappa shape index (κ2) is 12.5. The smallest absolute Gasteiger partial charge is 0.307 e. The summed E-state index contributed by atoms with van der Waals surface area (Å²) in [5.41, 5.74) is 5.90. The SMILES string of the molecule is CCCCCCCCCCCC(=O)OCn1ccc2c(S(=O)N3CCC(N)C34CC4)cccc2c1=O. The van der Waals surface area contributed by atoms with Crippen molar-refractivity contribution in [1.82, 2.24) is 8.87 Å². The molecule has 2 fully saturated rings. The van der Waals surface area contributed by atoms with Gasteiger partial charge >= 0.3 is 5.97 Å². The van der Waals surface area contributed by atoms with Crippen LogP contribution in [0.5, 0.6) is 0 Å². The first-order chi connectivity index (χ1) is 17.5. The molecular weight excluding hydrogens is 474 g/mol. The topological polar surface area (TPSA) is 94.6 Å². The van der Waals surface area contributed by atoms with Gasteiger partial charge in [0.15, 0.2) is 6.73 Å². The molecule has 0 amide bonds. The van der Waals surface area contributed by atoms with Gasteiger partial charge in [0.1, 0.15) is 11.0 Å². The highest BCUT2D eigenvalue weighted by Crippen LogP contribution is 2.50. The van der Waals surface area contributed by atoms with Crippen molar-refractivity contribution in [2.75, 3.05) is 6.54 Å². The van der Waals surface area contributed by atoms with E-state index >= 15 is 0 Å². The van der Waals surface area contributed by atoms with Crippen LogP contribution in [0.4, 0.5) is 0 Å². The lowest BCUT2D eigenvalue weighted by Gasteiger charge is -2.25. The molecule has 1 saturated carbocycles. The Morgan fingerprint density at radius 2 is 1.75 bits per heavy atom. The molecule has 2 N–H and O–H groups in total. The van der Waals surface area contributed by atoms with Gasteiger partial charge in [0.25, 0.3) is 5.56 Å². The zero-order valence-corrected chi connectivity index (χ0v) is 22.4. The second-order valence-corrected chi connectivity index (χ2v) is 11.8. The summed E-state index contributed by atoms with van der Waals surface area (Å²) in [7, 11) is -1.38. The van der Waals surface area contributed by atoms with Crippen molar-refractivity contribution in [2.45, 2.75) is 114 Å². The minimum atomic E-state index is -1.38. The molecule has 198 valence electrons. The van der Waals surface area contributed by atoms with E-state index in [1.165, 1.54) is 43.1 Å². The number of aromatic nitrogens is 1. The first-order valence-electron chi connectivity index (χ1n) is 13.7. The fraction of sp³-hybridized carbons (Fsp3) is 0.643. The fourth-order valence-electron chi connectivity index (χ4n) is 5.38. The Hall–Kier alpha value is -2.03. The van der Waals surface area contributed by atoms with Crippen molar-refractivity contribution in [2.24, 2.45) is 5.73 Å². The van der Waals surface area contributed by atoms with Gasteiger partial charge in [-0.1, -0.05) is 64.4 Å². The van der Waals surface area contributed by atoms with Crippen molar-refractivity contribution in [3.63, 3.8) is 0 Å². The Morgan fingerprint density at radius 1 is 1.06 bits per heavy atom. The number of nitrogens with zero attached hydrogens (tertiary/aromatic N) is 2. The highest BCUT2D eigenvalue weighted by Gasteiger charge is 2.58. The molecule has 1 aromatic heterocycles. The van der Waals surface area contributed by atoms with Crippen LogP contribution in [0.2, 0.25) is 0 Å². The summed E-state index contributed by atoms with van der Waals surface area (Å²) in [6, 6.07) is 7.19. The molecule has 2 aliphatic rings. The standard InChI is InChI=1S/C28H41N3O4S/c1-2-3-4-5-6-7-8-9-10-14-26(32)35-21-30-19-15-22-23(27(30)33)12-11-13-24(22)36(34)31-20-16-25(29)28(31)17-18-28/h11-13,15,19,25H,2-10,14,16-18,20-21,29H2,1H3. The van der Waals surface area contributed by atoms with Gasteiger partial charge in [-0.15, -0.1) is 0 Å². The first-order valence-corrected chi connectivity index (χ1v) is 14.8. The van der Waals surface area contributed by atoms with Gasteiger partial charge in [-0.2, -0.15) is 0 Å². The number of fused-ring (bicyclic) bond motifs is 1. The second-order valence-electron chi connectivity index (χ2n) is 10.4. The summed E-state index contributed by atoms with van der Waals surface area (Å²) in [5.74, 6) is -0.278. The Bertz CT molecular complexity index is 1130. The van der Waals surface area contributed by atoms with Crippen molar-refractivity contribution < 1.29 is 13.7 Å². The third-order valence-corrected chi connectivity index (χ3v) is 9.49. The average Bonchev–Trinajstić information content (AvgIpc) is 3.62. The lowest BCUT2D eigenvalue weighted by Crippen LogP contribution is -2.42. The quantitative estimate of drug-likeness (QED) is 0.282. The minimum Gasteiger partial charge on any atom is -0.444 e. The van der Waals surface area contributed by atoms with E-state index in [1.807, 2.05) is 10.4 Å². The summed E-state index contributed by atoms with van der Waals surface area (Å²) in [4.78, 5) is 25.9. The Morgan fingerprint density at radius 3 is 2.44 bits per heavy atom. The van der Waals surface area contributed by atoms with Crippen LogP contribution in [-0.2, 0) is 27.2 Å². The first kappa shape index (κ1) is 27.0. The van der Waals surface area contributed by atoms with Crippen LogP contribution < -0.4 is 11.3 Å². The van der Waals surface area contributed by atoms with Crippen LogP contribution >= 0.6 is 0 Å². The van der Waals surface area contributed by atoms with E-state index in [0.29, 0.717) is 28.6 Å². The van der Waals surface area contributed by atoms with E-state index < -0.39 is 11.0 Å². The van der Waals surface area contributed by atoms with E-state index in [9.17, 15) is 13.8 Å². The Balaban J connectivity index is 1.29. The summed E-state index contributed by atoms with van der Waals surface area (Å²) < 4.78 is 22.3. The third kappa shape index (κ3) is 6.09. The number of carbonyl (C=O) groups excluding carboxylic acids is 1. The lowest BCUT2D eigenvalue weighted by molar-refractivity contribution is -0.147. The maximum absolute atomic E-state index is 13.5. The van der Waals surface area contributed by atoms with E-state index in [4.69, 9.17) is 10.5 Å². The number of benzene rings is 1. The number of ether oxygens (including phenoxy) is 1. The number of hydrogen-bond acceptors (Lipinski definition) is 5. The summed E-state index contributed by atoms with van der Waals surface area (Å²) in [6.07, 6.45) is 15.5. The maximum Gasteiger partial charge on any atom is 0.307 e. The number of unbranched alkanes of at least 4 members (excludes halogenated alkanes) is 8. The molecule has 2 aromatic rings. The number of pyridine rings is 1. The van der Waals surface area contributed by atoms with E-state index in [1.54, 1.807) is 24.4 Å².